The van der Waals surface area contributed by atoms with Gasteiger partial charge in [-0.25, -0.2) is 12.8 Å². The van der Waals surface area contributed by atoms with Crippen molar-refractivity contribution in [3.8, 4) is 0 Å². The van der Waals surface area contributed by atoms with Crippen molar-refractivity contribution in [3.63, 3.8) is 0 Å². The predicted octanol–water partition coefficient (Wildman–Crippen LogP) is 1.84. The smallest absolute Gasteiger partial charge is 0.277 e. The molecule has 1 aromatic heterocycles. The van der Waals surface area contributed by atoms with Crippen molar-refractivity contribution in [3.05, 3.63) is 36.0 Å². The van der Waals surface area contributed by atoms with Crippen LogP contribution >= 0.6 is 11.8 Å². The Morgan fingerprint density at radius 3 is 2.96 bits per heavy atom. The van der Waals surface area contributed by atoms with Crippen LogP contribution < -0.4 is 5.32 Å². The lowest BCUT2D eigenvalue weighted by molar-refractivity contribution is -0.113. The number of thioether (sulfide) groups is 1. The monoisotopic (exact) mass is 371 g/mol. The molecule has 128 valence electrons. The van der Waals surface area contributed by atoms with E-state index >= 15 is 0 Å². The van der Waals surface area contributed by atoms with Crippen molar-refractivity contribution in [2.24, 2.45) is 0 Å². The van der Waals surface area contributed by atoms with Crippen LogP contribution in [0.15, 0.2) is 33.9 Å². The first-order valence-electron chi connectivity index (χ1n) is 7.13. The molecule has 0 bridgehead atoms. The molecule has 1 aromatic carbocycles. The van der Waals surface area contributed by atoms with Crippen LogP contribution in [0.1, 0.15) is 18.2 Å². The maximum Gasteiger partial charge on any atom is 0.277 e. The Labute approximate surface area is 141 Å². The summed E-state index contributed by atoms with van der Waals surface area (Å²) < 4.78 is 41.4. The van der Waals surface area contributed by atoms with Gasteiger partial charge in [0.15, 0.2) is 9.84 Å². The molecule has 1 aliphatic heterocycles. The van der Waals surface area contributed by atoms with Gasteiger partial charge < -0.3 is 9.73 Å². The van der Waals surface area contributed by atoms with Gasteiger partial charge in [0.05, 0.1) is 23.2 Å². The molecule has 1 unspecified atom stereocenters. The zero-order chi connectivity index (χ0) is 17.2. The third kappa shape index (κ3) is 4.32. The molecule has 0 radical (unpaired) electrons. The first-order chi connectivity index (χ1) is 11.4. The van der Waals surface area contributed by atoms with Gasteiger partial charge in [0.25, 0.3) is 5.22 Å². The largest absolute Gasteiger partial charge is 0.416 e. The van der Waals surface area contributed by atoms with Crippen molar-refractivity contribution in [2.75, 3.05) is 22.6 Å². The number of aromatic nitrogens is 2. The number of sulfone groups is 1. The number of carbonyl (C=O) groups excluding carboxylic acids is 1. The summed E-state index contributed by atoms with van der Waals surface area (Å²) in [6, 6.07) is 5.58. The highest BCUT2D eigenvalue weighted by Gasteiger charge is 2.32. The topological polar surface area (TPSA) is 102 Å². The second kappa shape index (κ2) is 6.89. The Bertz CT molecular complexity index is 853. The van der Waals surface area contributed by atoms with Crippen LogP contribution in [0.3, 0.4) is 0 Å². The molecular formula is C14H14FN3O4S2. The lowest BCUT2D eigenvalue weighted by atomic mass is 10.1. The number of rotatable bonds is 5. The molecule has 2 heterocycles. The average molecular weight is 371 g/mol. The first kappa shape index (κ1) is 16.9. The molecule has 1 fully saturated rings. The van der Waals surface area contributed by atoms with E-state index in [0.717, 1.165) is 11.8 Å². The van der Waals surface area contributed by atoms with Gasteiger partial charge in [0.2, 0.25) is 11.8 Å². The van der Waals surface area contributed by atoms with Crippen molar-refractivity contribution in [1.82, 2.24) is 10.2 Å². The Morgan fingerprint density at radius 2 is 2.25 bits per heavy atom. The van der Waals surface area contributed by atoms with Crippen LogP contribution in [0.5, 0.6) is 0 Å². The molecule has 1 N–H and O–H groups in total. The maximum absolute atomic E-state index is 13.0. The number of hydrogen-bond donors (Lipinski definition) is 1. The maximum atomic E-state index is 13.0. The van der Waals surface area contributed by atoms with Gasteiger partial charge in [-0.05, 0) is 24.6 Å². The molecule has 0 saturated carbocycles. The lowest BCUT2D eigenvalue weighted by Crippen LogP contribution is -2.14. The standard InChI is InChI=1S/C14H14FN3O4S2/c15-10-2-1-3-11(6-10)16-12(19)7-23-14-18-17-13(22-14)9-4-5-24(20,21)8-9/h1-3,6,9H,4-5,7-8H2,(H,16,19). The van der Waals surface area contributed by atoms with E-state index in [4.69, 9.17) is 4.42 Å². The highest BCUT2D eigenvalue weighted by Crippen LogP contribution is 2.29. The van der Waals surface area contributed by atoms with Gasteiger partial charge in [-0.2, -0.15) is 0 Å². The quantitative estimate of drug-likeness (QED) is 0.800. The Kier molecular flexibility index (Phi) is 4.86. The van der Waals surface area contributed by atoms with Gasteiger partial charge in [-0.3, -0.25) is 4.79 Å². The number of nitrogens with one attached hydrogen (secondary N) is 1. The fourth-order valence-corrected chi connectivity index (χ4v) is 4.63. The number of hydrogen-bond acceptors (Lipinski definition) is 7. The number of amides is 1. The summed E-state index contributed by atoms with van der Waals surface area (Å²) in [6.07, 6.45) is 0.467. The molecule has 10 heteroatoms. The zero-order valence-electron chi connectivity index (χ0n) is 12.4. The van der Waals surface area contributed by atoms with E-state index in [2.05, 4.69) is 15.5 Å². The van der Waals surface area contributed by atoms with Crippen molar-refractivity contribution >= 4 is 33.2 Å². The SMILES string of the molecule is O=C(CSc1nnc(C2CCS(=O)(=O)C2)o1)Nc1cccc(F)c1. The van der Waals surface area contributed by atoms with E-state index in [9.17, 15) is 17.6 Å². The Morgan fingerprint density at radius 1 is 1.42 bits per heavy atom. The minimum absolute atomic E-state index is 0.0133. The van der Waals surface area contributed by atoms with Crippen LogP contribution in [-0.2, 0) is 14.6 Å². The van der Waals surface area contributed by atoms with E-state index in [1.807, 2.05) is 0 Å². The van der Waals surface area contributed by atoms with Crippen molar-refractivity contribution in [2.45, 2.75) is 17.6 Å². The molecule has 1 aliphatic rings. The van der Waals surface area contributed by atoms with Crippen LogP contribution in [0, 0.1) is 5.82 Å². The molecule has 24 heavy (non-hydrogen) atoms. The predicted molar refractivity (Wildman–Crippen MR) is 86.1 cm³/mol. The fraction of sp³-hybridized carbons (Fsp3) is 0.357. The highest BCUT2D eigenvalue weighted by atomic mass is 32.2. The normalized spacial score (nSPS) is 19.3. The minimum Gasteiger partial charge on any atom is -0.416 e. The van der Waals surface area contributed by atoms with Crippen LogP contribution in [0.2, 0.25) is 0 Å². The summed E-state index contributed by atoms with van der Waals surface area (Å²) >= 11 is 1.04. The molecule has 0 aliphatic carbocycles. The number of anilines is 1. The summed E-state index contributed by atoms with van der Waals surface area (Å²) in [5.74, 6) is -0.622. The van der Waals surface area contributed by atoms with E-state index < -0.39 is 15.7 Å². The average Bonchev–Trinajstić information content (AvgIpc) is 3.11. The van der Waals surface area contributed by atoms with Crippen molar-refractivity contribution < 1.29 is 22.0 Å². The number of nitrogens with zero attached hydrogens (tertiary/aromatic N) is 2. The molecule has 0 spiro atoms. The summed E-state index contributed by atoms with van der Waals surface area (Å²) in [7, 11) is -3.03. The third-order valence-electron chi connectivity index (χ3n) is 3.44. The molecule has 7 nitrogen and oxygen atoms in total. The molecule has 2 aromatic rings. The summed E-state index contributed by atoms with van der Waals surface area (Å²) in [5, 5.41) is 10.4. The molecule has 1 amide bonds. The van der Waals surface area contributed by atoms with Gasteiger partial charge in [-0.15, -0.1) is 10.2 Å². The number of carbonyl (C=O) groups is 1. The van der Waals surface area contributed by atoms with Gasteiger partial charge >= 0.3 is 0 Å². The van der Waals surface area contributed by atoms with Crippen LogP contribution in [-0.4, -0.2) is 41.8 Å². The number of benzene rings is 1. The third-order valence-corrected chi connectivity index (χ3v) is 6.03. The molecule has 1 saturated heterocycles. The molecule has 3 rings (SSSR count). The molecule has 1 atom stereocenters. The Hall–Kier alpha value is -1.94. The second-order valence-electron chi connectivity index (χ2n) is 5.35. The van der Waals surface area contributed by atoms with E-state index in [1.165, 1.54) is 18.2 Å². The lowest BCUT2D eigenvalue weighted by Gasteiger charge is -2.03. The van der Waals surface area contributed by atoms with E-state index in [-0.39, 0.29) is 40.2 Å². The summed E-state index contributed by atoms with van der Waals surface area (Å²) in [4.78, 5) is 11.8. The Balaban J connectivity index is 1.53. The highest BCUT2D eigenvalue weighted by molar-refractivity contribution is 7.99. The zero-order valence-corrected chi connectivity index (χ0v) is 14.1. The van der Waals surface area contributed by atoms with Gasteiger partial charge in [0, 0.05) is 5.69 Å². The summed E-state index contributed by atoms with van der Waals surface area (Å²) in [6.45, 7) is 0. The van der Waals surface area contributed by atoms with Crippen LogP contribution in [0.4, 0.5) is 10.1 Å². The van der Waals surface area contributed by atoms with E-state index in [1.54, 1.807) is 6.07 Å². The second-order valence-corrected chi connectivity index (χ2v) is 8.51. The van der Waals surface area contributed by atoms with Crippen LogP contribution in [0.25, 0.3) is 0 Å². The fourth-order valence-electron chi connectivity index (χ4n) is 2.32. The number of halogens is 1. The molecular weight excluding hydrogens is 357 g/mol. The van der Waals surface area contributed by atoms with Gasteiger partial charge in [0.1, 0.15) is 5.82 Å². The van der Waals surface area contributed by atoms with Gasteiger partial charge in [-0.1, -0.05) is 17.8 Å². The van der Waals surface area contributed by atoms with E-state index in [0.29, 0.717) is 12.1 Å². The van der Waals surface area contributed by atoms with Crippen molar-refractivity contribution in [1.29, 1.82) is 0 Å². The first-order valence-corrected chi connectivity index (χ1v) is 9.94. The summed E-state index contributed by atoms with van der Waals surface area (Å²) in [5.41, 5.74) is 0.364. The minimum atomic E-state index is -3.03.